The van der Waals surface area contributed by atoms with E-state index < -0.39 is 17.9 Å². The minimum atomic E-state index is -4.28. The van der Waals surface area contributed by atoms with Crippen LogP contribution >= 0.6 is 0 Å². The van der Waals surface area contributed by atoms with Gasteiger partial charge in [0.05, 0.1) is 11.4 Å². The molecule has 1 atom stereocenters. The molecule has 5 nitrogen and oxygen atoms in total. The third-order valence-electron chi connectivity index (χ3n) is 4.36. The Balaban J connectivity index is 1.67. The number of benzene rings is 1. The third kappa shape index (κ3) is 3.32. The van der Waals surface area contributed by atoms with E-state index in [1.807, 2.05) is 0 Å². The lowest BCUT2D eigenvalue weighted by Crippen LogP contribution is -2.44. The number of hydrogen-bond donors (Lipinski definition) is 0. The number of hydrogen-bond acceptors (Lipinski definition) is 3. The summed E-state index contributed by atoms with van der Waals surface area (Å²) in [6.45, 7) is 0.109. The smallest absolute Gasteiger partial charge is 0.408 e. The fourth-order valence-corrected chi connectivity index (χ4v) is 3.06. The van der Waals surface area contributed by atoms with Crippen molar-refractivity contribution in [3.8, 4) is 0 Å². The van der Waals surface area contributed by atoms with Gasteiger partial charge in [-0.05, 0) is 25.0 Å². The number of carbonyl (C=O) groups is 1. The van der Waals surface area contributed by atoms with Crippen molar-refractivity contribution in [2.24, 2.45) is 5.92 Å². The van der Waals surface area contributed by atoms with E-state index in [1.165, 1.54) is 9.47 Å². The Kier molecular flexibility index (Phi) is 4.38. The molecule has 2 heterocycles. The number of likely N-dealkylation sites (tertiary alicyclic amines) is 1. The van der Waals surface area contributed by atoms with Crippen LogP contribution in [-0.2, 0) is 11.3 Å². The summed E-state index contributed by atoms with van der Waals surface area (Å²) >= 11 is 0. The van der Waals surface area contributed by atoms with E-state index in [9.17, 15) is 22.8 Å². The van der Waals surface area contributed by atoms with Crippen LogP contribution in [0.4, 0.5) is 13.2 Å². The maximum absolute atomic E-state index is 12.8. The van der Waals surface area contributed by atoms with E-state index in [0.717, 1.165) is 0 Å². The van der Waals surface area contributed by atoms with Crippen LogP contribution in [0.25, 0.3) is 11.1 Å². The number of aromatic nitrogens is 1. The second-order valence-corrected chi connectivity index (χ2v) is 5.96. The molecule has 0 spiro atoms. The van der Waals surface area contributed by atoms with E-state index in [0.29, 0.717) is 24.1 Å². The van der Waals surface area contributed by atoms with Gasteiger partial charge in [-0.2, -0.15) is 13.2 Å². The Hall–Kier alpha value is -2.25. The molecule has 1 aliphatic rings. The maximum atomic E-state index is 12.8. The number of oxazole rings is 1. The zero-order valence-electron chi connectivity index (χ0n) is 12.9. The van der Waals surface area contributed by atoms with Gasteiger partial charge in [0.2, 0.25) is 5.91 Å². The summed E-state index contributed by atoms with van der Waals surface area (Å²) in [5.74, 6) is -2.41. The molecule has 0 unspecified atom stereocenters. The highest BCUT2D eigenvalue weighted by Crippen LogP contribution is 2.33. The number of aryl methyl sites for hydroxylation is 1. The monoisotopic (exact) mass is 342 g/mol. The number of piperidine rings is 1. The molecule has 0 aliphatic carbocycles. The number of fused-ring (bicyclic) bond motifs is 1. The van der Waals surface area contributed by atoms with Gasteiger partial charge < -0.3 is 9.32 Å². The SMILES string of the molecule is O=C(CCn1c(=O)oc2ccccc21)N1CCC[C@@H](C(F)(F)F)C1. The quantitative estimate of drug-likeness (QED) is 0.862. The predicted molar refractivity (Wildman–Crippen MR) is 80.5 cm³/mol. The van der Waals surface area contributed by atoms with Crippen LogP contribution < -0.4 is 5.76 Å². The van der Waals surface area contributed by atoms with Crippen LogP contribution in [0.2, 0.25) is 0 Å². The largest absolute Gasteiger partial charge is 0.419 e. The van der Waals surface area contributed by atoms with Crippen LogP contribution in [0.15, 0.2) is 33.5 Å². The predicted octanol–water partition coefficient (Wildman–Crippen LogP) is 2.79. The molecule has 8 heteroatoms. The van der Waals surface area contributed by atoms with Gasteiger partial charge in [-0.3, -0.25) is 9.36 Å². The van der Waals surface area contributed by atoms with Gasteiger partial charge >= 0.3 is 11.9 Å². The first-order chi connectivity index (χ1) is 11.4. The first kappa shape index (κ1) is 16.6. The van der Waals surface area contributed by atoms with Gasteiger partial charge in [0.15, 0.2) is 5.58 Å². The lowest BCUT2D eigenvalue weighted by Gasteiger charge is -2.33. The van der Waals surface area contributed by atoms with Gasteiger partial charge in [0, 0.05) is 26.1 Å². The van der Waals surface area contributed by atoms with Gasteiger partial charge in [-0.15, -0.1) is 0 Å². The summed E-state index contributed by atoms with van der Waals surface area (Å²) < 4.78 is 44.9. The zero-order valence-corrected chi connectivity index (χ0v) is 12.9. The highest BCUT2D eigenvalue weighted by molar-refractivity contribution is 5.77. The molecular weight excluding hydrogens is 325 g/mol. The molecule has 1 aliphatic heterocycles. The third-order valence-corrected chi connectivity index (χ3v) is 4.36. The van der Waals surface area contributed by atoms with Gasteiger partial charge in [0.25, 0.3) is 0 Å². The van der Waals surface area contributed by atoms with Crippen LogP contribution in [0.1, 0.15) is 19.3 Å². The lowest BCUT2D eigenvalue weighted by atomic mass is 9.97. The Labute approximate surface area is 135 Å². The molecule has 1 fully saturated rings. The molecule has 1 amide bonds. The van der Waals surface area contributed by atoms with Crippen molar-refractivity contribution in [1.82, 2.24) is 9.47 Å². The summed E-state index contributed by atoms with van der Waals surface area (Å²) in [5.41, 5.74) is 0.993. The highest BCUT2D eigenvalue weighted by atomic mass is 19.4. The number of rotatable bonds is 3. The summed E-state index contributed by atoms with van der Waals surface area (Å²) in [6, 6.07) is 6.82. The Morgan fingerprint density at radius 1 is 1.29 bits per heavy atom. The number of amides is 1. The molecule has 0 saturated carbocycles. The van der Waals surface area contributed by atoms with Gasteiger partial charge in [-0.25, -0.2) is 4.79 Å². The van der Waals surface area contributed by atoms with Crippen LogP contribution in [0, 0.1) is 5.92 Å². The molecule has 1 aromatic carbocycles. The summed E-state index contributed by atoms with van der Waals surface area (Å²) in [4.78, 5) is 25.3. The molecule has 3 rings (SSSR count). The first-order valence-corrected chi connectivity index (χ1v) is 7.79. The molecular formula is C16H17F3N2O3. The Bertz CT molecular complexity index is 794. The second-order valence-electron chi connectivity index (χ2n) is 5.96. The van der Waals surface area contributed by atoms with Crippen molar-refractivity contribution in [3.63, 3.8) is 0 Å². The van der Waals surface area contributed by atoms with Crippen molar-refractivity contribution in [3.05, 3.63) is 34.8 Å². The number of carbonyl (C=O) groups excluding carboxylic acids is 1. The molecule has 2 aromatic rings. The molecule has 0 bridgehead atoms. The Morgan fingerprint density at radius 3 is 2.79 bits per heavy atom. The number of para-hydroxylation sites is 2. The molecule has 0 radical (unpaired) electrons. The molecule has 1 aromatic heterocycles. The number of halogens is 3. The zero-order chi connectivity index (χ0) is 17.3. The van der Waals surface area contributed by atoms with E-state index in [4.69, 9.17) is 4.42 Å². The standard InChI is InChI=1S/C16H17F3N2O3/c17-16(18,19)11-4-3-8-20(10-11)14(22)7-9-21-12-5-1-2-6-13(12)24-15(21)23/h1-2,5-6,11H,3-4,7-10H2/t11-/m1/s1. The van der Waals surface area contributed by atoms with Crippen LogP contribution in [0.3, 0.4) is 0 Å². The fraction of sp³-hybridized carbons (Fsp3) is 0.500. The molecule has 0 N–H and O–H groups in total. The molecule has 1 saturated heterocycles. The fourth-order valence-electron chi connectivity index (χ4n) is 3.06. The number of alkyl halides is 3. The van der Waals surface area contributed by atoms with Crippen molar-refractivity contribution in [2.45, 2.75) is 32.0 Å². The second kappa shape index (κ2) is 6.33. The Morgan fingerprint density at radius 2 is 2.04 bits per heavy atom. The summed E-state index contributed by atoms with van der Waals surface area (Å²) in [5, 5.41) is 0. The lowest BCUT2D eigenvalue weighted by molar-refractivity contribution is -0.188. The topological polar surface area (TPSA) is 55.5 Å². The van der Waals surface area contributed by atoms with Crippen molar-refractivity contribution < 1.29 is 22.4 Å². The average molecular weight is 342 g/mol. The summed E-state index contributed by atoms with van der Waals surface area (Å²) in [7, 11) is 0. The maximum Gasteiger partial charge on any atom is 0.419 e. The van der Waals surface area contributed by atoms with Gasteiger partial charge in [0.1, 0.15) is 0 Å². The van der Waals surface area contributed by atoms with Crippen LogP contribution in [-0.4, -0.2) is 34.6 Å². The normalized spacial score (nSPS) is 19.0. The molecule has 130 valence electrons. The minimum absolute atomic E-state index is 0.0337. The minimum Gasteiger partial charge on any atom is -0.408 e. The highest BCUT2D eigenvalue weighted by Gasteiger charge is 2.42. The van der Waals surface area contributed by atoms with Gasteiger partial charge in [-0.1, -0.05) is 12.1 Å². The average Bonchev–Trinajstić information content (AvgIpc) is 2.87. The summed E-state index contributed by atoms with van der Waals surface area (Å²) in [6.07, 6.45) is -3.92. The van der Waals surface area contributed by atoms with E-state index in [-0.39, 0.29) is 31.8 Å². The molecule has 24 heavy (non-hydrogen) atoms. The van der Waals surface area contributed by atoms with Crippen LogP contribution in [0.5, 0.6) is 0 Å². The van der Waals surface area contributed by atoms with Crippen molar-refractivity contribution in [1.29, 1.82) is 0 Å². The van der Waals surface area contributed by atoms with E-state index in [2.05, 4.69) is 0 Å². The van der Waals surface area contributed by atoms with Crippen molar-refractivity contribution >= 4 is 17.0 Å². The van der Waals surface area contributed by atoms with E-state index in [1.54, 1.807) is 24.3 Å². The van der Waals surface area contributed by atoms with E-state index >= 15 is 0 Å². The van der Waals surface area contributed by atoms with Crippen molar-refractivity contribution in [2.75, 3.05) is 13.1 Å². The first-order valence-electron chi connectivity index (χ1n) is 7.79. The number of nitrogens with zero attached hydrogens (tertiary/aromatic N) is 2.